The molecule has 1 aliphatic carbocycles. The van der Waals surface area contributed by atoms with E-state index in [1.165, 1.54) is 38.5 Å². The normalized spacial score (nSPS) is 19.6. The highest BCUT2D eigenvalue weighted by Crippen LogP contribution is 2.31. The third-order valence-electron chi connectivity index (χ3n) is 2.86. The zero-order chi connectivity index (χ0) is 9.97. The van der Waals surface area contributed by atoms with Crippen molar-refractivity contribution in [1.82, 2.24) is 9.78 Å². The molecule has 0 radical (unpaired) electrons. The van der Waals surface area contributed by atoms with Crippen molar-refractivity contribution in [2.45, 2.75) is 44.6 Å². The molecule has 0 unspecified atom stereocenters. The highest BCUT2D eigenvalue weighted by atomic mass is 79.9. The van der Waals surface area contributed by atoms with Gasteiger partial charge in [0.25, 0.3) is 0 Å². The van der Waals surface area contributed by atoms with E-state index in [-0.39, 0.29) is 0 Å². The Labute approximate surface area is 97.8 Å². The quantitative estimate of drug-likeness (QED) is 0.704. The van der Waals surface area contributed by atoms with Gasteiger partial charge in [-0.15, -0.1) is 0 Å². The van der Waals surface area contributed by atoms with Gasteiger partial charge in [0.05, 0.1) is 16.7 Å². The fraction of sp³-hybridized carbons (Fsp3) is 0.700. The number of aromatic nitrogens is 2. The smallest absolute Gasteiger partial charge is 0.141 e. The van der Waals surface area contributed by atoms with Gasteiger partial charge < -0.3 is 0 Å². The largest absolute Gasteiger partial charge is 0.250 e. The second-order valence-electron chi connectivity index (χ2n) is 3.87. The van der Waals surface area contributed by atoms with Gasteiger partial charge in [0, 0.05) is 0 Å². The molecule has 2 rings (SSSR count). The van der Waals surface area contributed by atoms with E-state index in [9.17, 15) is 0 Å². The maximum absolute atomic E-state index is 6.15. The Morgan fingerprint density at radius 1 is 1.29 bits per heavy atom. The Morgan fingerprint density at radius 2 is 1.93 bits per heavy atom. The molecule has 78 valence electrons. The first-order valence-electron chi connectivity index (χ1n) is 5.17. The van der Waals surface area contributed by atoms with Crippen molar-refractivity contribution in [3.8, 4) is 0 Å². The first-order valence-corrected chi connectivity index (χ1v) is 6.34. The van der Waals surface area contributed by atoms with Crippen LogP contribution in [0.3, 0.4) is 0 Å². The summed E-state index contributed by atoms with van der Waals surface area (Å²) >= 11 is 9.54. The van der Waals surface area contributed by atoms with Crippen molar-refractivity contribution < 1.29 is 0 Å². The Hall–Kier alpha value is -0.0200. The molecule has 1 aliphatic rings. The molecule has 0 aliphatic heterocycles. The molecule has 4 heteroatoms. The van der Waals surface area contributed by atoms with Crippen LogP contribution in [0.2, 0.25) is 5.15 Å². The lowest BCUT2D eigenvalue weighted by molar-refractivity contribution is 0.406. The zero-order valence-electron chi connectivity index (χ0n) is 8.05. The number of hydrogen-bond acceptors (Lipinski definition) is 1. The lowest BCUT2D eigenvalue weighted by Gasteiger charge is -2.15. The highest BCUT2D eigenvalue weighted by molar-refractivity contribution is 9.10. The Balaban J connectivity index is 2.16. The lowest BCUT2D eigenvalue weighted by atomic mass is 10.1. The van der Waals surface area contributed by atoms with Gasteiger partial charge in [-0.2, -0.15) is 5.10 Å². The fourth-order valence-corrected chi connectivity index (χ4v) is 2.59. The molecule has 1 aromatic rings. The second kappa shape index (κ2) is 4.67. The molecule has 1 saturated carbocycles. The second-order valence-corrected chi connectivity index (χ2v) is 5.09. The van der Waals surface area contributed by atoms with Crippen molar-refractivity contribution in [2.24, 2.45) is 0 Å². The third-order valence-corrected chi connectivity index (χ3v) is 4.05. The van der Waals surface area contributed by atoms with E-state index < -0.39 is 0 Å². The van der Waals surface area contributed by atoms with E-state index in [4.69, 9.17) is 11.6 Å². The molecule has 0 bridgehead atoms. The van der Waals surface area contributed by atoms with Crippen LogP contribution in [0, 0.1) is 0 Å². The standard InChI is InChI=1S/C10H14BrClN2/c11-9-7-13-14(10(9)12)8-5-3-1-2-4-6-8/h7-8H,1-6H2. The predicted octanol–water partition coefficient (Wildman–Crippen LogP) is 4.19. The van der Waals surface area contributed by atoms with Gasteiger partial charge in [0.1, 0.15) is 5.15 Å². The molecule has 2 nitrogen and oxygen atoms in total. The molecule has 0 saturated heterocycles. The molecule has 0 spiro atoms. The number of halogens is 2. The van der Waals surface area contributed by atoms with Crippen LogP contribution in [0.25, 0.3) is 0 Å². The van der Waals surface area contributed by atoms with Crippen LogP contribution >= 0.6 is 27.5 Å². The average Bonchev–Trinajstić information content (AvgIpc) is 2.47. The van der Waals surface area contributed by atoms with Gasteiger partial charge in [-0.25, -0.2) is 4.68 Å². The molecular formula is C10H14BrClN2. The van der Waals surface area contributed by atoms with E-state index in [1.807, 2.05) is 4.68 Å². The molecule has 1 heterocycles. The van der Waals surface area contributed by atoms with Crippen molar-refractivity contribution in [1.29, 1.82) is 0 Å². The molecule has 0 N–H and O–H groups in total. The summed E-state index contributed by atoms with van der Waals surface area (Å²) in [5.41, 5.74) is 0. The SMILES string of the molecule is Clc1c(Br)cnn1C1CCCCCC1. The summed E-state index contributed by atoms with van der Waals surface area (Å²) in [5.74, 6) is 0. The fourth-order valence-electron chi connectivity index (χ4n) is 2.08. The minimum absolute atomic E-state index is 0.510. The summed E-state index contributed by atoms with van der Waals surface area (Å²) in [5, 5.41) is 5.07. The minimum Gasteiger partial charge on any atom is -0.250 e. The first-order chi connectivity index (χ1) is 6.79. The van der Waals surface area contributed by atoms with Gasteiger partial charge >= 0.3 is 0 Å². The maximum Gasteiger partial charge on any atom is 0.141 e. The molecule has 0 amide bonds. The van der Waals surface area contributed by atoms with Gasteiger partial charge in [-0.3, -0.25) is 0 Å². The monoisotopic (exact) mass is 276 g/mol. The van der Waals surface area contributed by atoms with Crippen LogP contribution in [0.5, 0.6) is 0 Å². The number of nitrogens with zero attached hydrogens (tertiary/aromatic N) is 2. The van der Waals surface area contributed by atoms with Gasteiger partial charge in [-0.05, 0) is 28.8 Å². The first kappa shape index (κ1) is 10.5. The topological polar surface area (TPSA) is 17.8 Å². The molecule has 1 fully saturated rings. The summed E-state index contributed by atoms with van der Waals surface area (Å²) in [6, 6.07) is 0.510. The van der Waals surface area contributed by atoms with Crippen LogP contribution in [-0.4, -0.2) is 9.78 Å². The van der Waals surface area contributed by atoms with Crippen molar-refractivity contribution >= 4 is 27.5 Å². The van der Waals surface area contributed by atoms with Crippen molar-refractivity contribution in [2.75, 3.05) is 0 Å². The van der Waals surface area contributed by atoms with Crippen LogP contribution in [0.1, 0.15) is 44.6 Å². The van der Waals surface area contributed by atoms with Crippen LogP contribution in [-0.2, 0) is 0 Å². The zero-order valence-corrected chi connectivity index (χ0v) is 10.4. The lowest BCUT2D eigenvalue weighted by Crippen LogP contribution is -2.09. The van der Waals surface area contributed by atoms with E-state index >= 15 is 0 Å². The summed E-state index contributed by atoms with van der Waals surface area (Å²) in [6.45, 7) is 0. The molecular weight excluding hydrogens is 263 g/mol. The van der Waals surface area contributed by atoms with E-state index in [0.29, 0.717) is 6.04 Å². The van der Waals surface area contributed by atoms with Gasteiger partial charge in [0.2, 0.25) is 0 Å². The van der Waals surface area contributed by atoms with Crippen molar-refractivity contribution in [3.63, 3.8) is 0 Å². The average molecular weight is 278 g/mol. The Bertz CT molecular complexity index is 303. The summed E-state index contributed by atoms with van der Waals surface area (Å²) in [4.78, 5) is 0. The van der Waals surface area contributed by atoms with E-state index in [0.717, 1.165) is 9.63 Å². The predicted molar refractivity (Wildman–Crippen MR) is 61.7 cm³/mol. The van der Waals surface area contributed by atoms with Crippen molar-refractivity contribution in [3.05, 3.63) is 15.8 Å². The van der Waals surface area contributed by atoms with Crippen LogP contribution in [0.4, 0.5) is 0 Å². The Kier molecular flexibility index (Phi) is 3.50. The summed E-state index contributed by atoms with van der Waals surface area (Å²) < 4.78 is 2.88. The number of rotatable bonds is 1. The van der Waals surface area contributed by atoms with Gasteiger partial charge in [0.15, 0.2) is 0 Å². The summed E-state index contributed by atoms with van der Waals surface area (Å²) in [7, 11) is 0. The molecule has 0 aromatic carbocycles. The summed E-state index contributed by atoms with van der Waals surface area (Å²) in [6.07, 6.45) is 9.54. The maximum atomic E-state index is 6.15. The molecule has 14 heavy (non-hydrogen) atoms. The minimum atomic E-state index is 0.510. The number of hydrogen-bond donors (Lipinski definition) is 0. The van der Waals surface area contributed by atoms with E-state index in [1.54, 1.807) is 6.20 Å². The molecule has 1 aromatic heterocycles. The van der Waals surface area contributed by atoms with Crippen LogP contribution < -0.4 is 0 Å². The Morgan fingerprint density at radius 3 is 2.43 bits per heavy atom. The van der Waals surface area contributed by atoms with E-state index in [2.05, 4.69) is 21.0 Å². The molecule has 0 atom stereocenters. The third kappa shape index (κ3) is 2.14. The van der Waals surface area contributed by atoms with Gasteiger partial charge in [-0.1, -0.05) is 37.3 Å². The highest BCUT2D eigenvalue weighted by Gasteiger charge is 2.18. The van der Waals surface area contributed by atoms with Crippen LogP contribution in [0.15, 0.2) is 10.7 Å².